The van der Waals surface area contributed by atoms with E-state index in [0.717, 1.165) is 11.3 Å². The molecule has 0 amide bonds. The average Bonchev–Trinajstić information content (AvgIpc) is 3.10. The zero-order valence-corrected chi connectivity index (χ0v) is 10.2. The number of nitrogens with zero attached hydrogens (tertiary/aromatic N) is 5. The third-order valence-electron chi connectivity index (χ3n) is 2.83. The number of benzene rings is 1. The zero-order valence-electron chi connectivity index (χ0n) is 10.2. The SMILES string of the molecule is OCc1cn(Cc2ccc(-n3ccnc3)cc2)nn1. The van der Waals surface area contributed by atoms with E-state index in [0.29, 0.717) is 12.2 Å². The lowest BCUT2D eigenvalue weighted by Crippen LogP contribution is -2.00. The standard InChI is InChI=1S/C13H13N5O/c19-9-12-8-18(16-15-12)7-11-1-3-13(4-2-11)17-6-5-14-10-17/h1-6,8,10,19H,7,9H2. The van der Waals surface area contributed by atoms with Crippen LogP contribution in [-0.4, -0.2) is 29.7 Å². The van der Waals surface area contributed by atoms with Crippen LogP contribution in [0.15, 0.2) is 49.2 Å². The lowest BCUT2D eigenvalue weighted by molar-refractivity contribution is 0.276. The molecule has 0 bridgehead atoms. The first-order valence-electron chi connectivity index (χ1n) is 5.92. The molecular weight excluding hydrogens is 242 g/mol. The van der Waals surface area contributed by atoms with Gasteiger partial charge in [-0.2, -0.15) is 0 Å². The molecule has 2 heterocycles. The molecule has 2 aromatic heterocycles. The summed E-state index contributed by atoms with van der Waals surface area (Å²) < 4.78 is 3.65. The molecule has 0 atom stereocenters. The van der Waals surface area contributed by atoms with E-state index < -0.39 is 0 Å². The van der Waals surface area contributed by atoms with Crippen LogP contribution in [0.5, 0.6) is 0 Å². The van der Waals surface area contributed by atoms with Crippen molar-refractivity contribution in [3.8, 4) is 5.69 Å². The topological polar surface area (TPSA) is 68.8 Å². The predicted octanol–water partition coefficient (Wildman–Crippen LogP) is 1.00. The molecule has 6 heteroatoms. The van der Waals surface area contributed by atoms with E-state index in [2.05, 4.69) is 15.3 Å². The molecule has 0 spiro atoms. The number of aromatic nitrogens is 5. The van der Waals surface area contributed by atoms with Crippen molar-refractivity contribution in [2.75, 3.05) is 0 Å². The molecule has 3 aromatic rings. The Hall–Kier alpha value is -2.47. The molecule has 0 aliphatic rings. The van der Waals surface area contributed by atoms with Crippen LogP contribution >= 0.6 is 0 Å². The summed E-state index contributed by atoms with van der Waals surface area (Å²) in [6.45, 7) is 0.552. The minimum Gasteiger partial charge on any atom is -0.390 e. The Labute approximate surface area is 110 Å². The summed E-state index contributed by atoms with van der Waals surface area (Å²) >= 11 is 0. The molecule has 3 rings (SSSR count). The first-order chi connectivity index (χ1) is 9.35. The molecule has 0 radical (unpaired) electrons. The summed E-state index contributed by atoms with van der Waals surface area (Å²) in [6.07, 6.45) is 7.16. The molecule has 6 nitrogen and oxygen atoms in total. The van der Waals surface area contributed by atoms with E-state index in [-0.39, 0.29) is 6.61 Å². The van der Waals surface area contributed by atoms with Gasteiger partial charge in [-0.05, 0) is 17.7 Å². The number of aliphatic hydroxyl groups is 1. The fraction of sp³-hybridized carbons (Fsp3) is 0.154. The van der Waals surface area contributed by atoms with Gasteiger partial charge >= 0.3 is 0 Å². The second-order valence-electron chi connectivity index (χ2n) is 4.20. The maximum absolute atomic E-state index is 8.93. The van der Waals surface area contributed by atoms with Gasteiger partial charge in [0, 0.05) is 18.1 Å². The fourth-order valence-corrected chi connectivity index (χ4v) is 1.86. The summed E-state index contributed by atoms with van der Waals surface area (Å²) in [7, 11) is 0. The number of hydrogen-bond acceptors (Lipinski definition) is 4. The number of aliphatic hydroxyl groups excluding tert-OH is 1. The minimum absolute atomic E-state index is 0.0838. The maximum Gasteiger partial charge on any atom is 0.108 e. The Morgan fingerprint density at radius 3 is 2.63 bits per heavy atom. The third kappa shape index (κ3) is 2.53. The van der Waals surface area contributed by atoms with Crippen LogP contribution in [-0.2, 0) is 13.2 Å². The third-order valence-corrected chi connectivity index (χ3v) is 2.83. The van der Waals surface area contributed by atoms with Crippen molar-refractivity contribution in [2.45, 2.75) is 13.2 Å². The monoisotopic (exact) mass is 255 g/mol. The van der Waals surface area contributed by atoms with Gasteiger partial charge in [0.1, 0.15) is 5.69 Å². The van der Waals surface area contributed by atoms with Gasteiger partial charge in [-0.15, -0.1) is 5.10 Å². The van der Waals surface area contributed by atoms with Crippen molar-refractivity contribution < 1.29 is 5.11 Å². The van der Waals surface area contributed by atoms with Gasteiger partial charge < -0.3 is 9.67 Å². The highest BCUT2D eigenvalue weighted by molar-refractivity contribution is 5.34. The van der Waals surface area contributed by atoms with Crippen molar-refractivity contribution in [1.82, 2.24) is 24.5 Å². The van der Waals surface area contributed by atoms with E-state index in [1.54, 1.807) is 23.4 Å². The molecule has 0 fully saturated rings. The van der Waals surface area contributed by atoms with E-state index >= 15 is 0 Å². The largest absolute Gasteiger partial charge is 0.390 e. The maximum atomic E-state index is 8.93. The van der Waals surface area contributed by atoms with Gasteiger partial charge in [0.15, 0.2) is 0 Å². The summed E-state index contributed by atoms with van der Waals surface area (Å²) in [5, 5.41) is 16.7. The van der Waals surface area contributed by atoms with Crippen LogP contribution in [0.3, 0.4) is 0 Å². The van der Waals surface area contributed by atoms with Crippen molar-refractivity contribution in [3.63, 3.8) is 0 Å². The number of hydrogen-bond donors (Lipinski definition) is 1. The fourth-order valence-electron chi connectivity index (χ4n) is 1.86. The average molecular weight is 255 g/mol. The van der Waals surface area contributed by atoms with Crippen LogP contribution in [0.1, 0.15) is 11.3 Å². The van der Waals surface area contributed by atoms with E-state index in [1.165, 1.54) is 0 Å². The zero-order chi connectivity index (χ0) is 13.1. The van der Waals surface area contributed by atoms with Crippen LogP contribution in [0, 0.1) is 0 Å². The smallest absolute Gasteiger partial charge is 0.108 e. The van der Waals surface area contributed by atoms with E-state index in [4.69, 9.17) is 5.11 Å². The van der Waals surface area contributed by atoms with Gasteiger partial charge in [-0.1, -0.05) is 17.3 Å². The highest BCUT2D eigenvalue weighted by Gasteiger charge is 2.01. The van der Waals surface area contributed by atoms with Crippen LogP contribution < -0.4 is 0 Å². The Kier molecular flexibility index (Phi) is 3.07. The highest BCUT2D eigenvalue weighted by atomic mass is 16.3. The molecule has 0 aliphatic carbocycles. The lowest BCUT2D eigenvalue weighted by Gasteiger charge is -2.04. The second kappa shape index (κ2) is 5.03. The first kappa shape index (κ1) is 11.6. The minimum atomic E-state index is -0.0838. The predicted molar refractivity (Wildman–Crippen MR) is 68.6 cm³/mol. The molecular formula is C13H13N5O. The first-order valence-corrected chi connectivity index (χ1v) is 5.92. The number of rotatable bonds is 4. The van der Waals surface area contributed by atoms with Gasteiger partial charge in [-0.3, -0.25) is 0 Å². The van der Waals surface area contributed by atoms with Crippen LogP contribution in [0.25, 0.3) is 5.69 Å². The second-order valence-corrected chi connectivity index (χ2v) is 4.20. The summed E-state index contributed by atoms with van der Waals surface area (Å²) in [5.41, 5.74) is 2.77. The van der Waals surface area contributed by atoms with Crippen LogP contribution in [0.4, 0.5) is 0 Å². The van der Waals surface area contributed by atoms with Gasteiger partial charge in [0.05, 0.1) is 25.7 Å². The van der Waals surface area contributed by atoms with Crippen LogP contribution in [0.2, 0.25) is 0 Å². The summed E-state index contributed by atoms with van der Waals surface area (Å²) in [6, 6.07) is 8.13. The molecule has 0 aliphatic heterocycles. The summed E-state index contributed by atoms with van der Waals surface area (Å²) in [5.74, 6) is 0. The normalized spacial score (nSPS) is 10.8. The van der Waals surface area contributed by atoms with Crippen molar-refractivity contribution in [2.24, 2.45) is 0 Å². The molecule has 0 unspecified atom stereocenters. The molecule has 19 heavy (non-hydrogen) atoms. The highest BCUT2D eigenvalue weighted by Crippen LogP contribution is 2.10. The summed E-state index contributed by atoms with van der Waals surface area (Å²) in [4.78, 5) is 4.02. The van der Waals surface area contributed by atoms with Gasteiger partial charge in [0.25, 0.3) is 0 Å². The molecule has 1 N–H and O–H groups in total. The number of imidazole rings is 1. The van der Waals surface area contributed by atoms with Gasteiger partial charge in [-0.25, -0.2) is 9.67 Å². The Bertz CT molecular complexity index is 642. The van der Waals surface area contributed by atoms with Crippen molar-refractivity contribution in [1.29, 1.82) is 0 Å². The van der Waals surface area contributed by atoms with Crippen molar-refractivity contribution in [3.05, 3.63) is 60.4 Å². The Morgan fingerprint density at radius 1 is 1.16 bits per heavy atom. The van der Waals surface area contributed by atoms with Gasteiger partial charge in [0.2, 0.25) is 0 Å². The molecule has 1 aromatic carbocycles. The molecule has 0 saturated carbocycles. The Morgan fingerprint density at radius 2 is 2.00 bits per heavy atom. The van der Waals surface area contributed by atoms with Crippen molar-refractivity contribution >= 4 is 0 Å². The quantitative estimate of drug-likeness (QED) is 0.755. The molecule has 96 valence electrons. The van der Waals surface area contributed by atoms with E-state index in [9.17, 15) is 0 Å². The van der Waals surface area contributed by atoms with E-state index in [1.807, 2.05) is 35.0 Å². The lowest BCUT2D eigenvalue weighted by atomic mass is 10.2. The molecule has 0 saturated heterocycles. The Balaban J connectivity index is 1.75.